The zero-order valence-corrected chi connectivity index (χ0v) is 50.2. The van der Waals surface area contributed by atoms with Crippen molar-refractivity contribution in [3.63, 3.8) is 0 Å². The first-order valence-corrected chi connectivity index (χ1v) is 29.1. The van der Waals surface area contributed by atoms with E-state index in [1.807, 2.05) is 12.1 Å². The van der Waals surface area contributed by atoms with E-state index in [0.29, 0.717) is 32.0 Å². The minimum absolute atomic E-state index is 0. The zero-order chi connectivity index (χ0) is 51.2. The normalized spacial score (nSPS) is 16.4. The Hall–Kier alpha value is -1.64. The molecule has 1 aromatic rings. The van der Waals surface area contributed by atoms with E-state index in [-0.39, 0.29) is 67.6 Å². The van der Waals surface area contributed by atoms with Gasteiger partial charge in [-0.1, -0.05) is 247 Å². The molecule has 1 N–H and O–H groups in total. The number of hydrogen-bond acceptors (Lipinski definition) is 10. The third kappa shape index (κ3) is 35.5. The molecule has 0 radical (unpaired) electrons. The van der Waals surface area contributed by atoms with Crippen molar-refractivity contribution in [3.05, 3.63) is 28.8 Å². The van der Waals surface area contributed by atoms with Crippen molar-refractivity contribution in [2.45, 2.75) is 285 Å². The van der Waals surface area contributed by atoms with Gasteiger partial charge in [0.25, 0.3) is 0 Å². The summed E-state index contributed by atoms with van der Waals surface area (Å²) in [5.41, 5.74) is 2.06. The molecule has 0 spiro atoms. The number of benzene rings is 1. The molecule has 4 rings (SSSR count). The van der Waals surface area contributed by atoms with E-state index in [4.69, 9.17) is 18.3 Å². The molecule has 3 aliphatic heterocycles. The van der Waals surface area contributed by atoms with Gasteiger partial charge in [-0.05, 0) is 59.6 Å². The first-order chi connectivity index (χ1) is 32.9. The number of fused-ring (bicyclic) bond motifs is 3. The Bertz CT molecular complexity index is 1370. The first kappa shape index (κ1) is 68.4. The van der Waals surface area contributed by atoms with Crippen LogP contribution in [0.4, 0.5) is 0 Å². The van der Waals surface area contributed by atoms with Crippen LogP contribution in [-0.2, 0) is 69.4 Å². The number of aromatic hydroxyl groups is 1. The predicted octanol–water partition coefficient (Wildman–Crippen LogP) is 14.7. The summed E-state index contributed by atoms with van der Waals surface area (Å²) >= 11 is 0. The number of rotatable bonds is 37. The molecule has 0 aliphatic carbocycles. The smallest absolute Gasteiger partial charge is 0.550 e. The second-order valence-electron chi connectivity index (χ2n) is 22.4. The third-order valence-electron chi connectivity index (χ3n) is 13.3. The van der Waals surface area contributed by atoms with Crippen molar-refractivity contribution >= 4 is 26.5 Å². The zero-order valence-electron chi connectivity index (χ0n) is 46.3. The van der Waals surface area contributed by atoms with Gasteiger partial charge >= 0.3 is 34.0 Å². The van der Waals surface area contributed by atoms with E-state index in [1.165, 1.54) is 167 Å². The maximum atomic E-state index is 12.4. The number of aliphatic carboxylic acids is 2. The molecule has 10 nitrogen and oxygen atoms in total. The Kier molecular flexibility index (Phi) is 40.7. The largest absolute Gasteiger partial charge is 2.00 e. The maximum Gasteiger partial charge on any atom is 2.00 e. The Balaban J connectivity index is 0.00000105. The molecule has 2 bridgehead atoms. The number of phenolic OH excluding ortho intramolecular Hbond substituents is 1. The van der Waals surface area contributed by atoms with Crippen molar-refractivity contribution in [1.29, 1.82) is 0 Å². The molecule has 70 heavy (non-hydrogen) atoms. The topological polar surface area (TPSA) is 154 Å². The summed E-state index contributed by atoms with van der Waals surface area (Å²) in [4.78, 5) is 32.8. The average molecular weight is 1060 g/mol. The molecule has 0 amide bonds. The first-order valence-electron chi connectivity index (χ1n) is 28.0. The molecule has 3 heterocycles. The predicted molar refractivity (Wildman–Crippen MR) is 281 cm³/mol. The fourth-order valence-electron chi connectivity index (χ4n) is 8.75. The van der Waals surface area contributed by atoms with Crippen LogP contribution in [0.25, 0.3) is 0 Å². The molecule has 0 unspecified atom stereocenters. The quantitative estimate of drug-likeness (QED) is 0.0295. The number of hydrogen-bond donors (Lipinski definition) is 1. The average Bonchev–Trinajstić information content (AvgIpc) is 3.30. The van der Waals surface area contributed by atoms with Gasteiger partial charge in [0.1, 0.15) is 12.4 Å². The monoisotopic (exact) mass is 1050 g/mol. The molecule has 0 aromatic heterocycles. The fraction of sp³-hybridized carbons (Fsp3) is 0.845. The molecular weight excluding hydrogens is 953 g/mol. The molecule has 402 valence electrons. The van der Waals surface area contributed by atoms with Crippen molar-refractivity contribution in [3.8, 4) is 5.75 Å². The van der Waals surface area contributed by atoms with Gasteiger partial charge in [-0.25, -0.2) is 0 Å². The number of aryl methyl sites for hydroxylation is 1. The summed E-state index contributed by atoms with van der Waals surface area (Å²) in [5.74, 6) is -1.70. The van der Waals surface area contributed by atoms with Crippen LogP contribution >= 0.6 is 8.60 Å². The van der Waals surface area contributed by atoms with Crippen LogP contribution in [0.3, 0.4) is 0 Å². The van der Waals surface area contributed by atoms with Crippen molar-refractivity contribution in [2.24, 2.45) is 5.41 Å². The molecule has 3 fully saturated rings. The minimum Gasteiger partial charge on any atom is -0.550 e. The van der Waals surface area contributed by atoms with Crippen LogP contribution in [0, 0.1) is 5.41 Å². The summed E-state index contributed by atoms with van der Waals surface area (Å²) in [6.07, 6.45) is 40.6. The van der Waals surface area contributed by atoms with Gasteiger partial charge in [-0.3, -0.25) is 4.79 Å². The van der Waals surface area contributed by atoms with Crippen molar-refractivity contribution < 1.29 is 67.5 Å². The van der Waals surface area contributed by atoms with Gasteiger partial charge in [-0.2, -0.15) is 0 Å². The van der Waals surface area contributed by atoms with E-state index in [1.54, 1.807) is 0 Å². The van der Waals surface area contributed by atoms with E-state index in [2.05, 4.69) is 55.4 Å². The Morgan fingerprint density at radius 2 is 0.814 bits per heavy atom. The van der Waals surface area contributed by atoms with Crippen LogP contribution in [0.15, 0.2) is 12.1 Å². The summed E-state index contributed by atoms with van der Waals surface area (Å²) in [7, 11) is -1.19. The molecule has 0 saturated carbocycles. The van der Waals surface area contributed by atoms with Crippen LogP contribution in [0.5, 0.6) is 5.75 Å². The van der Waals surface area contributed by atoms with Crippen molar-refractivity contribution in [1.82, 2.24) is 0 Å². The second kappa shape index (κ2) is 41.7. The van der Waals surface area contributed by atoms with Crippen molar-refractivity contribution in [2.75, 3.05) is 26.4 Å². The van der Waals surface area contributed by atoms with E-state index in [0.717, 1.165) is 42.4 Å². The molecule has 1 aromatic carbocycles. The number of unbranched alkanes of at least 4 members (excludes halogenated alkanes) is 28. The molecular formula is C58H103O10PZn. The standard InChI is InChI=1S/C22H33O6P.2C18H36O2.Zn/c1-20(2,3)16-9-15(10-17(19(16)24)21(4,5)6)7-8-18(23)25-11-22-12-26-29(27-13-22)28-14-22;2*1-2-3-4-5-6-7-8-9-10-11-12-13-14-15-16-17-18(19)20;/h9-10,24H,7-8,11-14H2,1-6H3;2*2-17H2,1H3,(H,19,20);/q;;;+2/p-2. The summed E-state index contributed by atoms with van der Waals surface area (Å²) in [6, 6.07) is 4.02. The molecule has 3 aliphatic rings. The Morgan fingerprint density at radius 1 is 0.529 bits per heavy atom. The Morgan fingerprint density at radius 3 is 1.09 bits per heavy atom. The Labute approximate surface area is 442 Å². The van der Waals surface area contributed by atoms with Gasteiger partial charge in [0.2, 0.25) is 0 Å². The van der Waals surface area contributed by atoms with Gasteiger partial charge < -0.3 is 43.2 Å². The van der Waals surface area contributed by atoms with Gasteiger partial charge in [0.15, 0.2) is 0 Å². The van der Waals surface area contributed by atoms with Crippen LogP contribution in [0.2, 0.25) is 0 Å². The number of esters is 1. The SMILES string of the molecule is CC(C)(C)c1cc(CCC(=O)OCC23COP(OC2)OC3)cc(C(C)(C)C)c1O.CCCCCCCCCCCCCCCCCC(=O)[O-].CCCCCCCCCCCCCCCCCC(=O)[O-].[Zn+2]. The third-order valence-corrected chi connectivity index (χ3v) is 14.4. The van der Waals surface area contributed by atoms with E-state index >= 15 is 0 Å². The van der Waals surface area contributed by atoms with Crippen LogP contribution < -0.4 is 10.2 Å². The summed E-state index contributed by atoms with van der Waals surface area (Å²) < 4.78 is 21.9. The van der Waals surface area contributed by atoms with Crippen LogP contribution in [-0.4, -0.2) is 49.4 Å². The van der Waals surface area contributed by atoms with Gasteiger partial charge in [0, 0.05) is 18.4 Å². The number of carboxylic acid groups (broad SMARTS) is 2. The van der Waals surface area contributed by atoms with Crippen LogP contribution in [0.1, 0.15) is 284 Å². The van der Waals surface area contributed by atoms with E-state index in [9.17, 15) is 29.7 Å². The number of carboxylic acids is 2. The number of phenols is 1. The number of carbonyl (C=O) groups excluding carboxylic acids is 3. The van der Waals surface area contributed by atoms with Gasteiger partial charge in [0.05, 0.1) is 25.2 Å². The molecule has 12 heteroatoms. The van der Waals surface area contributed by atoms with Gasteiger partial charge in [-0.15, -0.1) is 0 Å². The fourth-order valence-corrected chi connectivity index (χ4v) is 10.1. The minimum atomic E-state index is -1.19. The maximum absolute atomic E-state index is 12.4. The molecule has 0 atom stereocenters. The number of ether oxygens (including phenoxy) is 1. The number of carbonyl (C=O) groups is 3. The summed E-state index contributed by atoms with van der Waals surface area (Å²) in [6.45, 7) is 18.8. The molecule has 3 saturated heterocycles. The van der Waals surface area contributed by atoms with E-state index < -0.39 is 20.5 Å². The summed E-state index contributed by atoms with van der Waals surface area (Å²) in [5, 5.41) is 31.3. The second-order valence-corrected chi connectivity index (χ2v) is 23.6.